The topological polar surface area (TPSA) is 23.0 Å². The molecule has 1 unspecified atom stereocenters. The number of rotatable bonds is 3. The van der Waals surface area contributed by atoms with Gasteiger partial charge in [0, 0.05) is 54.9 Å². The van der Waals surface area contributed by atoms with Crippen molar-refractivity contribution in [3.63, 3.8) is 0 Å². The Hall–Kier alpha value is -5.80. The second-order valence-corrected chi connectivity index (χ2v) is 12.1. The summed E-state index contributed by atoms with van der Waals surface area (Å²) >= 11 is 0. The van der Waals surface area contributed by atoms with Gasteiger partial charge >= 0.3 is 0 Å². The zero-order valence-electron chi connectivity index (χ0n) is 24.5. The maximum absolute atomic E-state index is 6.42. The third kappa shape index (κ3) is 3.52. The molecule has 3 heterocycles. The van der Waals surface area contributed by atoms with Crippen LogP contribution in [0.25, 0.3) is 77.5 Å². The first-order valence-corrected chi connectivity index (χ1v) is 15.6. The highest BCUT2D eigenvalue weighted by Crippen LogP contribution is 2.41. The Morgan fingerprint density at radius 2 is 1.20 bits per heavy atom. The van der Waals surface area contributed by atoms with Crippen molar-refractivity contribution in [3.8, 4) is 16.8 Å². The molecule has 3 heteroatoms. The summed E-state index contributed by atoms with van der Waals surface area (Å²) in [6, 6.07) is 50.3. The number of para-hydroxylation sites is 5. The predicted molar refractivity (Wildman–Crippen MR) is 187 cm³/mol. The minimum absolute atomic E-state index is 0.221. The minimum Gasteiger partial charge on any atom is -0.455 e. The van der Waals surface area contributed by atoms with Gasteiger partial charge in [-0.3, -0.25) is 0 Å². The number of furan rings is 1. The molecular formula is C42H28N2O. The lowest BCUT2D eigenvalue weighted by molar-refractivity contribution is 0.636. The number of hydrogen-bond acceptors (Lipinski definition) is 1. The molecule has 0 aliphatic heterocycles. The molecule has 1 aliphatic rings. The molecule has 0 saturated carbocycles. The first kappa shape index (κ1) is 24.6. The Bertz CT molecular complexity index is 2590. The van der Waals surface area contributed by atoms with E-state index in [2.05, 4.69) is 149 Å². The monoisotopic (exact) mass is 576 g/mol. The van der Waals surface area contributed by atoms with Crippen LogP contribution >= 0.6 is 0 Å². The van der Waals surface area contributed by atoms with Crippen LogP contribution in [0.2, 0.25) is 0 Å². The van der Waals surface area contributed by atoms with Gasteiger partial charge in [-0.05, 0) is 60.0 Å². The highest BCUT2D eigenvalue weighted by Gasteiger charge is 2.26. The first-order valence-electron chi connectivity index (χ1n) is 15.6. The Morgan fingerprint density at radius 1 is 0.556 bits per heavy atom. The van der Waals surface area contributed by atoms with E-state index < -0.39 is 0 Å². The molecule has 45 heavy (non-hydrogen) atoms. The fourth-order valence-corrected chi connectivity index (χ4v) is 7.75. The highest BCUT2D eigenvalue weighted by atomic mass is 16.3. The number of aromatic nitrogens is 2. The summed E-state index contributed by atoms with van der Waals surface area (Å²) in [4.78, 5) is 0. The van der Waals surface area contributed by atoms with Crippen molar-refractivity contribution in [1.82, 2.24) is 9.13 Å². The van der Waals surface area contributed by atoms with Gasteiger partial charge in [-0.1, -0.05) is 109 Å². The second-order valence-electron chi connectivity index (χ2n) is 12.1. The lowest BCUT2D eigenvalue weighted by atomic mass is 9.96. The van der Waals surface area contributed by atoms with E-state index in [1.165, 1.54) is 44.0 Å². The highest BCUT2D eigenvalue weighted by molar-refractivity contribution is 6.10. The molecule has 9 aromatic rings. The van der Waals surface area contributed by atoms with E-state index in [0.29, 0.717) is 0 Å². The SMILES string of the molecule is C1=CC(n2c3ccccc3c3ccccc32)Cc2c1n(-c1cccc(-c3cccc4c3oc3ccccc34)c1)c1ccccc21. The largest absolute Gasteiger partial charge is 0.455 e. The summed E-state index contributed by atoms with van der Waals surface area (Å²) in [5.74, 6) is 0. The standard InChI is InChI=1S/C42H28N2O/c1-5-19-37-31(13-1)32-14-2-6-20-38(32)44(37)29-23-24-40-36(26-29)33-15-3-7-21-39(33)43(40)28-12-9-11-27(25-28)30-17-10-18-35-34-16-4-8-22-41(34)45-42(30)35/h1-25,29H,26H2. The Morgan fingerprint density at radius 3 is 2.00 bits per heavy atom. The molecule has 0 bridgehead atoms. The molecule has 1 atom stereocenters. The van der Waals surface area contributed by atoms with Crippen molar-refractivity contribution in [2.24, 2.45) is 0 Å². The Balaban J connectivity index is 1.14. The van der Waals surface area contributed by atoms with Gasteiger partial charge in [0.2, 0.25) is 0 Å². The van der Waals surface area contributed by atoms with Crippen molar-refractivity contribution in [2.75, 3.05) is 0 Å². The minimum atomic E-state index is 0.221. The van der Waals surface area contributed by atoms with Crippen molar-refractivity contribution in [2.45, 2.75) is 12.5 Å². The first-order chi connectivity index (χ1) is 22.3. The Labute approximate surface area is 259 Å². The van der Waals surface area contributed by atoms with Crippen molar-refractivity contribution in [1.29, 1.82) is 0 Å². The third-order valence-corrected chi connectivity index (χ3v) is 9.68. The van der Waals surface area contributed by atoms with Gasteiger partial charge in [-0.25, -0.2) is 0 Å². The van der Waals surface area contributed by atoms with Crippen LogP contribution in [0.1, 0.15) is 17.3 Å². The van der Waals surface area contributed by atoms with Crippen LogP contribution in [0, 0.1) is 0 Å². The molecule has 0 amide bonds. The smallest absolute Gasteiger partial charge is 0.143 e. The molecule has 1 aliphatic carbocycles. The van der Waals surface area contributed by atoms with Crippen LogP contribution in [-0.2, 0) is 6.42 Å². The summed E-state index contributed by atoms with van der Waals surface area (Å²) in [6.07, 6.45) is 5.68. The quantitative estimate of drug-likeness (QED) is 0.205. The number of fused-ring (bicyclic) bond motifs is 9. The summed E-state index contributed by atoms with van der Waals surface area (Å²) in [5.41, 5.74) is 11.7. The van der Waals surface area contributed by atoms with E-state index in [9.17, 15) is 0 Å². The van der Waals surface area contributed by atoms with E-state index in [4.69, 9.17) is 4.42 Å². The van der Waals surface area contributed by atoms with Crippen molar-refractivity contribution < 1.29 is 4.42 Å². The lowest BCUT2D eigenvalue weighted by Crippen LogP contribution is -2.13. The van der Waals surface area contributed by atoms with Crippen LogP contribution in [0.5, 0.6) is 0 Å². The molecule has 212 valence electrons. The molecule has 0 saturated heterocycles. The fraction of sp³-hybridized carbons (Fsp3) is 0.0476. The average Bonchev–Trinajstić information content (AvgIpc) is 3.76. The summed E-state index contributed by atoms with van der Waals surface area (Å²) < 4.78 is 11.4. The number of allylic oxidation sites excluding steroid dienone is 1. The van der Waals surface area contributed by atoms with Gasteiger partial charge in [0.05, 0.1) is 11.6 Å². The number of nitrogens with zero attached hydrogens (tertiary/aromatic N) is 2. The van der Waals surface area contributed by atoms with E-state index in [-0.39, 0.29) is 6.04 Å². The molecule has 0 spiro atoms. The van der Waals surface area contributed by atoms with E-state index in [1.807, 2.05) is 12.1 Å². The summed E-state index contributed by atoms with van der Waals surface area (Å²) in [6.45, 7) is 0. The van der Waals surface area contributed by atoms with Gasteiger partial charge < -0.3 is 13.6 Å². The predicted octanol–water partition coefficient (Wildman–Crippen LogP) is 11.1. The molecule has 0 radical (unpaired) electrons. The number of hydrogen-bond donors (Lipinski definition) is 0. The van der Waals surface area contributed by atoms with E-state index in [0.717, 1.165) is 45.2 Å². The van der Waals surface area contributed by atoms with Crippen LogP contribution < -0.4 is 0 Å². The molecular weight excluding hydrogens is 548 g/mol. The van der Waals surface area contributed by atoms with Crippen LogP contribution in [-0.4, -0.2) is 9.13 Å². The number of benzene rings is 6. The third-order valence-electron chi connectivity index (χ3n) is 9.68. The second kappa shape index (κ2) is 9.35. The van der Waals surface area contributed by atoms with Crippen molar-refractivity contribution >= 4 is 60.7 Å². The van der Waals surface area contributed by atoms with E-state index >= 15 is 0 Å². The molecule has 10 rings (SSSR count). The fourth-order valence-electron chi connectivity index (χ4n) is 7.75. The molecule has 6 aromatic carbocycles. The van der Waals surface area contributed by atoms with Crippen LogP contribution in [0.3, 0.4) is 0 Å². The maximum Gasteiger partial charge on any atom is 0.143 e. The van der Waals surface area contributed by atoms with Gasteiger partial charge in [0.15, 0.2) is 0 Å². The average molecular weight is 577 g/mol. The van der Waals surface area contributed by atoms with E-state index in [1.54, 1.807) is 0 Å². The Kier molecular flexibility index (Phi) is 5.11. The molecule has 3 nitrogen and oxygen atoms in total. The zero-order chi connectivity index (χ0) is 29.5. The maximum atomic E-state index is 6.42. The van der Waals surface area contributed by atoms with Gasteiger partial charge in [-0.15, -0.1) is 0 Å². The summed E-state index contributed by atoms with van der Waals surface area (Å²) in [5, 5.41) is 6.24. The summed E-state index contributed by atoms with van der Waals surface area (Å²) in [7, 11) is 0. The zero-order valence-corrected chi connectivity index (χ0v) is 24.5. The molecule has 3 aromatic heterocycles. The molecule has 0 fully saturated rings. The normalized spacial score (nSPS) is 14.7. The molecule has 0 N–H and O–H groups in total. The van der Waals surface area contributed by atoms with Gasteiger partial charge in [-0.2, -0.15) is 0 Å². The van der Waals surface area contributed by atoms with Crippen molar-refractivity contribution in [3.05, 3.63) is 157 Å². The van der Waals surface area contributed by atoms with Crippen LogP contribution in [0.4, 0.5) is 0 Å². The van der Waals surface area contributed by atoms with Gasteiger partial charge in [0.1, 0.15) is 11.2 Å². The lowest BCUT2D eigenvalue weighted by Gasteiger charge is -2.23. The van der Waals surface area contributed by atoms with Crippen LogP contribution in [0.15, 0.2) is 150 Å². The van der Waals surface area contributed by atoms with Gasteiger partial charge in [0.25, 0.3) is 0 Å².